The minimum absolute atomic E-state index is 0.106. The molecule has 1 aromatic rings. The van der Waals surface area contributed by atoms with E-state index >= 15 is 0 Å². The predicted molar refractivity (Wildman–Crippen MR) is 61.6 cm³/mol. The normalized spacial score (nSPS) is 11.3. The van der Waals surface area contributed by atoms with Crippen molar-refractivity contribution in [3.05, 3.63) is 29.6 Å². The van der Waals surface area contributed by atoms with Gasteiger partial charge in [-0.2, -0.15) is 0 Å². The van der Waals surface area contributed by atoms with Gasteiger partial charge in [-0.1, -0.05) is 12.8 Å². The van der Waals surface area contributed by atoms with Crippen LogP contribution in [0.2, 0.25) is 0 Å². The number of carbonyl (C=O) groups excluding carboxylic acids is 1. The van der Waals surface area contributed by atoms with Crippen molar-refractivity contribution in [3.63, 3.8) is 0 Å². The van der Waals surface area contributed by atoms with Crippen molar-refractivity contribution in [3.8, 4) is 12.3 Å². The lowest BCUT2D eigenvalue weighted by molar-refractivity contribution is 0.0689. The van der Waals surface area contributed by atoms with E-state index in [1.807, 2.05) is 6.92 Å². The molecule has 17 heavy (non-hydrogen) atoms. The molecule has 0 aliphatic carbocycles. The summed E-state index contributed by atoms with van der Waals surface area (Å²) in [6.07, 6.45) is 7.05. The lowest BCUT2D eigenvalue weighted by Gasteiger charge is -2.10. The monoisotopic (exact) mass is 232 g/mol. The Labute approximate surface area is 98.9 Å². The van der Waals surface area contributed by atoms with E-state index in [-0.39, 0.29) is 23.2 Å². The largest absolute Gasteiger partial charge is 0.477 e. The first-order valence-corrected chi connectivity index (χ1v) is 5.04. The minimum atomic E-state index is -1.13. The van der Waals surface area contributed by atoms with E-state index in [1.165, 1.54) is 18.3 Å². The number of aromatic carboxylic acids is 1. The highest BCUT2D eigenvalue weighted by Crippen LogP contribution is 2.01. The number of carboxylic acid groups (broad SMARTS) is 1. The maximum atomic E-state index is 11.7. The van der Waals surface area contributed by atoms with Crippen molar-refractivity contribution in [2.45, 2.75) is 19.4 Å². The van der Waals surface area contributed by atoms with Crippen LogP contribution in [0.5, 0.6) is 0 Å². The summed E-state index contributed by atoms with van der Waals surface area (Å²) >= 11 is 0. The predicted octanol–water partition coefficient (Wildman–Crippen LogP) is 0.921. The molecule has 2 N–H and O–H groups in total. The molecule has 88 valence electrons. The molecule has 1 aromatic heterocycles. The maximum absolute atomic E-state index is 11.7. The molecule has 5 nitrogen and oxygen atoms in total. The fourth-order valence-electron chi connectivity index (χ4n) is 1.16. The van der Waals surface area contributed by atoms with E-state index in [9.17, 15) is 9.59 Å². The van der Waals surface area contributed by atoms with E-state index in [2.05, 4.69) is 16.2 Å². The molecule has 1 heterocycles. The highest BCUT2D eigenvalue weighted by atomic mass is 16.4. The van der Waals surface area contributed by atoms with Crippen molar-refractivity contribution >= 4 is 11.9 Å². The van der Waals surface area contributed by atoms with Crippen LogP contribution in [0.1, 0.15) is 34.2 Å². The van der Waals surface area contributed by atoms with Crippen LogP contribution in [0.25, 0.3) is 0 Å². The van der Waals surface area contributed by atoms with Gasteiger partial charge >= 0.3 is 5.97 Å². The summed E-state index contributed by atoms with van der Waals surface area (Å²) in [7, 11) is 0. The molecule has 1 rings (SSSR count). The number of hydrogen-bond acceptors (Lipinski definition) is 3. The summed E-state index contributed by atoms with van der Waals surface area (Å²) in [6.45, 7) is 1.86. The maximum Gasteiger partial charge on any atom is 0.354 e. The number of nitrogens with one attached hydrogen (secondary N) is 1. The van der Waals surface area contributed by atoms with Crippen molar-refractivity contribution in [2.75, 3.05) is 0 Å². The number of carboxylic acids is 1. The highest BCUT2D eigenvalue weighted by molar-refractivity contribution is 5.95. The van der Waals surface area contributed by atoms with Crippen LogP contribution in [0.15, 0.2) is 18.3 Å². The van der Waals surface area contributed by atoms with Crippen LogP contribution in [0.4, 0.5) is 0 Å². The third kappa shape index (κ3) is 3.31. The topological polar surface area (TPSA) is 79.3 Å². The van der Waals surface area contributed by atoms with Gasteiger partial charge in [-0.05, 0) is 18.6 Å². The Bertz CT molecular complexity index is 460. The van der Waals surface area contributed by atoms with Gasteiger partial charge in [0.2, 0.25) is 0 Å². The van der Waals surface area contributed by atoms with Crippen molar-refractivity contribution < 1.29 is 14.7 Å². The molecule has 0 aliphatic rings. The van der Waals surface area contributed by atoms with Gasteiger partial charge in [0, 0.05) is 6.20 Å². The standard InChI is InChI=1S/C12H12N2O3/c1-3-9(4-2)14-11(15)8-5-6-10(12(16)17)13-7-8/h1,5-7,9H,4H2,2H3,(H,14,15)(H,16,17). The number of aromatic nitrogens is 1. The number of terminal acetylenes is 1. The van der Waals surface area contributed by atoms with Crippen LogP contribution in [-0.4, -0.2) is 28.0 Å². The van der Waals surface area contributed by atoms with Gasteiger partial charge in [0.05, 0.1) is 11.6 Å². The zero-order chi connectivity index (χ0) is 12.8. The van der Waals surface area contributed by atoms with Gasteiger partial charge in [0.1, 0.15) is 5.69 Å². The second-order valence-electron chi connectivity index (χ2n) is 3.34. The molecule has 1 atom stereocenters. The Morgan fingerprint density at radius 2 is 2.29 bits per heavy atom. The molecular weight excluding hydrogens is 220 g/mol. The van der Waals surface area contributed by atoms with Gasteiger partial charge in [0.15, 0.2) is 0 Å². The smallest absolute Gasteiger partial charge is 0.354 e. The average molecular weight is 232 g/mol. The van der Waals surface area contributed by atoms with Crippen LogP contribution >= 0.6 is 0 Å². The molecule has 0 spiro atoms. The zero-order valence-electron chi connectivity index (χ0n) is 9.30. The van der Waals surface area contributed by atoms with E-state index in [4.69, 9.17) is 11.5 Å². The van der Waals surface area contributed by atoms with E-state index in [0.717, 1.165) is 0 Å². The van der Waals surface area contributed by atoms with Crippen LogP contribution in [0, 0.1) is 12.3 Å². The summed E-state index contributed by atoms with van der Waals surface area (Å²) in [5, 5.41) is 11.3. The average Bonchev–Trinajstić information content (AvgIpc) is 2.35. The third-order valence-corrected chi connectivity index (χ3v) is 2.16. The Morgan fingerprint density at radius 1 is 1.59 bits per heavy atom. The Balaban J connectivity index is 2.77. The van der Waals surface area contributed by atoms with Crippen molar-refractivity contribution in [1.82, 2.24) is 10.3 Å². The summed E-state index contributed by atoms with van der Waals surface area (Å²) in [5.41, 5.74) is 0.175. The second-order valence-corrected chi connectivity index (χ2v) is 3.34. The molecular formula is C12H12N2O3. The summed E-state index contributed by atoms with van der Waals surface area (Å²) in [4.78, 5) is 25.9. The second kappa shape index (κ2) is 5.66. The van der Waals surface area contributed by atoms with Gasteiger partial charge in [-0.25, -0.2) is 9.78 Å². The Kier molecular flexibility index (Phi) is 4.23. The number of pyridine rings is 1. The first kappa shape index (κ1) is 12.7. The number of hydrogen-bond donors (Lipinski definition) is 2. The number of amides is 1. The van der Waals surface area contributed by atoms with E-state index < -0.39 is 5.97 Å². The van der Waals surface area contributed by atoms with E-state index in [0.29, 0.717) is 6.42 Å². The molecule has 0 saturated carbocycles. The molecule has 1 unspecified atom stereocenters. The van der Waals surface area contributed by atoms with Crippen LogP contribution in [-0.2, 0) is 0 Å². The fourth-order valence-corrected chi connectivity index (χ4v) is 1.16. The zero-order valence-corrected chi connectivity index (χ0v) is 9.30. The van der Waals surface area contributed by atoms with Gasteiger partial charge in [0.25, 0.3) is 5.91 Å². The highest BCUT2D eigenvalue weighted by Gasteiger charge is 2.11. The minimum Gasteiger partial charge on any atom is -0.477 e. The molecule has 0 radical (unpaired) electrons. The lowest BCUT2D eigenvalue weighted by atomic mass is 10.2. The SMILES string of the molecule is C#CC(CC)NC(=O)c1ccc(C(=O)O)nc1. The van der Waals surface area contributed by atoms with Crippen molar-refractivity contribution in [2.24, 2.45) is 0 Å². The first-order chi connectivity index (χ1) is 8.08. The van der Waals surface area contributed by atoms with Crippen molar-refractivity contribution in [1.29, 1.82) is 0 Å². The van der Waals surface area contributed by atoms with Crippen LogP contribution < -0.4 is 5.32 Å². The molecule has 5 heteroatoms. The molecule has 1 amide bonds. The first-order valence-electron chi connectivity index (χ1n) is 5.04. The molecule has 0 aromatic carbocycles. The summed E-state index contributed by atoms with van der Waals surface area (Å²) in [5.74, 6) is 0.941. The van der Waals surface area contributed by atoms with Gasteiger partial charge in [-0.3, -0.25) is 4.79 Å². The lowest BCUT2D eigenvalue weighted by Crippen LogP contribution is -2.33. The van der Waals surface area contributed by atoms with E-state index in [1.54, 1.807) is 0 Å². The van der Waals surface area contributed by atoms with Gasteiger partial charge in [-0.15, -0.1) is 6.42 Å². The quantitative estimate of drug-likeness (QED) is 0.756. The molecule has 0 bridgehead atoms. The Morgan fingerprint density at radius 3 is 2.71 bits per heavy atom. The van der Waals surface area contributed by atoms with Gasteiger partial charge < -0.3 is 10.4 Å². The molecule has 0 aliphatic heterocycles. The van der Waals surface area contributed by atoms with Crippen LogP contribution in [0.3, 0.4) is 0 Å². The molecule has 0 saturated heterocycles. The summed E-state index contributed by atoms with van der Waals surface area (Å²) in [6, 6.07) is 2.34. The number of nitrogens with zero attached hydrogens (tertiary/aromatic N) is 1. The number of carbonyl (C=O) groups is 2. The molecule has 0 fully saturated rings. The fraction of sp³-hybridized carbons (Fsp3) is 0.250. The third-order valence-electron chi connectivity index (χ3n) is 2.16. The number of rotatable bonds is 4. The Hall–Kier alpha value is -2.35. The summed E-state index contributed by atoms with van der Waals surface area (Å²) < 4.78 is 0.